The molecule has 0 spiro atoms. The summed E-state index contributed by atoms with van der Waals surface area (Å²) in [4.78, 5) is 68.8. The molecule has 0 unspecified atom stereocenters. The van der Waals surface area contributed by atoms with Gasteiger partial charge in [-0.2, -0.15) is 0 Å². The first-order valence-electron chi connectivity index (χ1n) is 27.2. The predicted molar refractivity (Wildman–Crippen MR) is 319 cm³/mol. The standard InChI is InChI=1S/C68H56N6O12/c1-79-65(75)49-21-13-43(14-22-49)39-83-53-29-47(30-54(33-53)84-40-44-15-23-50(24-16-44)66(76)80-2)37-73-61-11-7-5-9-57(61)71-63(73)59-35-70-60(36-69-59)64-72-58-10-6-8-12-62(58)74(64)38-48-31-55(85-41-45-17-25-51(26-18-45)67(77)81-3)34-56(32-48)86-42-46-19-27-52(28-20-46)68(78)82-4/h5-36H,37-42H2,1-4H3. The molecule has 8 aromatic carbocycles. The van der Waals surface area contributed by atoms with Gasteiger partial charge in [-0.15, -0.1) is 0 Å². The van der Waals surface area contributed by atoms with E-state index in [-0.39, 0.29) is 26.4 Å². The highest BCUT2D eigenvalue weighted by Gasteiger charge is 2.20. The molecule has 0 saturated heterocycles. The van der Waals surface area contributed by atoms with Gasteiger partial charge in [-0.05, 0) is 130 Å². The zero-order valence-electron chi connectivity index (χ0n) is 47.3. The summed E-state index contributed by atoms with van der Waals surface area (Å²) < 4.78 is 49.3. The Bertz CT molecular complexity index is 3800. The van der Waals surface area contributed by atoms with E-state index in [9.17, 15) is 19.2 Å². The van der Waals surface area contributed by atoms with Crippen LogP contribution in [0.5, 0.6) is 23.0 Å². The molecule has 11 aromatic rings. The summed E-state index contributed by atoms with van der Waals surface area (Å²) in [5.41, 5.74) is 11.1. The van der Waals surface area contributed by atoms with Crippen LogP contribution in [0.4, 0.5) is 0 Å². The van der Waals surface area contributed by atoms with Crippen molar-refractivity contribution >= 4 is 45.9 Å². The van der Waals surface area contributed by atoms with Gasteiger partial charge in [0, 0.05) is 25.2 Å². The summed E-state index contributed by atoms with van der Waals surface area (Å²) in [6.45, 7) is 1.50. The summed E-state index contributed by atoms with van der Waals surface area (Å²) in [5.74, 6) is 1.63. The van der Waals surface area contributed by atoms with Crippen LogP contribution in [0, 0.1) is 0 Å². The van der Waals surface area contributed by atoms with Crippen molar-refractivity contribution in [3.8, 4) is 46.0 Å². The van der Waals surface area contributed by atoms with Crippen LogP contribution < -0.4 is 18.9 Å². The average molecular weight is 1150 g/mol. The maximum absolute atomic E-state index is 12.1. The molecule has 18 nitrogen and oxygen atoms in total. The first-order chi connectivity index (χ1) is 42.0. The maximum Gasteiger partial charge on any atom is 0.337 e. The second-order valence-corrected chi connectivity index (χ2v) is 19.8. The molecular formula is C68H56N6O12. The van der Waals surface area contributed by atoms with Gasteiger partial charge in [-0.1, -0.05) is 72.8 Å². The molecule has 0 N–H and O–H groups in total. The van der Waals surface area contributed by atoms with Crippen LogP contribution in [0.15, 0.2) is 194 Å². The molecule has 430 valence electrons. The monoisotopic (exact) mass is 1150 g/mol. The first kappa shape index (κ1) is 56.7. The predicted octanol–water partition coefficient (Wildman–Crippen LogP) is 12.1. The number of esters is 4. The molecule has 0 bridgehead atoms. The van der Waals surface area contributed by atoms with E-state index >= 15 is 0 Å². The summed E-state index contributed by atoms with van der Waals surface area (Å²) in [7, 11) is 5.38. The van der Waals surface area contributed by atoms with Crippen LogP contribution in [-0.2, 0) is 58.5 Å². The van der Waals surface area contributed by atoms with Gasteiger partial charge in [-0.3, -0.25) is 0 Å². The Morgan fingerprint density at radius 2 is 0.628 bits per heavy atom. The summed E-state index contributed by atoms with van der Waals surface area (Å²) >= 11 is 0. The lowest BCUT2D eigenvalue weighted by Crippen LogP contribution is -2.07. The third-order valence-corrected chi connectivity index (χ3v) is 14.1. The number of carbonyl (C=O) groups excluding carboxylic acids is 4. The van der Waals surface area contributed by atoms with Gasteiger partial charge < -0.3 is 47.0 Å². The van der Waals surface area contributed by atoms with Crippen LogP contribution >= 0.6 is 0 Å². The SMILES string of the molecule is COC(=O)c1ccc(COc2cc(Cn3c(-c4cnc(-c5nc6ccccc6n5Cc5cc(OCc6ccc(C(=O)OC)cc6)cc(OCc6ccc(C(=O)OC)cc6)c5)cn4)nc4ccccc43)cc(OCc3ccc(C(=O)OC)cc3)c2)cc1. The normalized spacial score (nSPS) is 11.0. The van der Waals surface area contributed by atoms with E-state index in [2.05, 4.69) is 9.13 Å². The maximum atomic E-state index is 12.1. The first-order valence-corrected chi connectivity index (χ1v) is 27.2. The van der Waals surface area contributed by atoms with E-state index in [1.807, 2.05) is 133 Å². The van der Waals surface area contributed by atoms with E-state index in [1.165, 1.54) is 28.4 Å². The van der Waals surface area contributed by atoms with Crippen LogP contribution in [0.1, 0.15) is 74.8 Å². The van der Waals surface area contributed by atoms with Gasteiger partial charge in [0.1, 0.15) is 60.8 Å². The number of hydrogen-bond acceptors (Lipinski definition) is 16. The number of hydrogen-bond donors (Lipinski definition) is 0. The van der Waals surface area contributed by atoms with Crippen LogP contribution in [-0.4, -0.2) is 81.4 Å². The number of imidazole rings is 2. The summed E-state index contributed by atoms with van der Waals surface area (Å²) in [6, 6.07) is 55.3. The smallest absolute Gasteiger partial charge is 0.337 e. The topological polar surface area (TPSA) is 204 Å². The number of para-hydroxylation sites is 4. The third kappa shape index (κ3) is 13.2. The van der Waals surface area contributed by atoms with Crippen molar-refractivity contribution in [2.45, 2.75) is 39.5 Å². The number of rotatable bonds is 22. The van der Waals surface area contributed by atoms with Gasteiger partial charge in [0.05, 0.1) is 85.2 Å². The fraction of sp³-hybridized carbons (Fsp3) is 0.147. The summed E-state index contributed by atoms with van der Waals surface area (Å²) in [5, 5.41) is 0. The molecule has 0 atom stereocenters. The molecule has 11 rings (SSSR count). The van der Waals surface area contributed by atoms with Crippen LogP contribution in [0.3, 0.4) is 0 Å². The molecule has 0 amide bonds. The molecule has 86 heavy (non-hydrogen) atoms. The number of nitrogens with zero attached hydrogens (tertiary/aromatic N) is 6. The number of methoxy groups -OCH3 is 4. The molecule has 0 fully saturated rings. The van der Waals surface area contributed by atoms with E-state index < -0.39 is 23.9 Å². The minimum absolute atomic E-state index is 0.207. The van der Waals surface area contributed by atoms with E-state index in [0.717, 1.165) is 55.4 Å². The molecule has 18 heteroatoms. The highest BCUT2D eigenvalue weighted by molar-refractivity contribution is 5.91. The Hall–Kier alpha value is -11.1. The second-order valence-electron chi connectivity index (χ2n) is 19.8. The molecule has 0 aliphatic rings. The molecular weight excluding hydrogens is 1090 g/mol. The lowest BCUT2D eigenvalue weighted by Gasteiger charge is -2.15. The summed E-state index contributed by atoms with van der Waals surface area (Å²) in [6.07, 6.45) is 3.41. The highest BCUT2D eigenvalue weighted by atomic mass is 16.5. The van der Waals surface area contributed by atoms with Gasteiger partial charge >= 0.3 is 23.9 Å². The lowest BCUT2D eigenvalue weighted by atomic mass is 10.1. The number of benzene rings is 8. The Balaban J connectivity index is 0.889. The molecule has 0 aliphatic carbocycles. The van der Waals surface area contributed by atoms with Gasteiger partial charge in [-0.25, -0.2) is 39.1 Å². The Morgan fingerprint density at radius 1 is 0.349 bits per heavy atom. The lowest BCUT2D eigenvalue weighted by molar-refractivity contribution is 0.0592. The van der Waals surface area contributed by atoms with E-state index in [0.29, 0.717) is 81.4 Å². The molecule has 0 radical (unpaired) electrons. The fourth-order valence-electron chi connectivity index (χ4n) is 9.65. The zero-order chi connectivity index (χ0) is 59.5. The van der Waals surface area contributed by atoms with Crippen molar-refractivity contribution in [1.82, 2.24) is 29.1 Å². The largest absolute Gasteiger partial charge is 0.489 e. The van der Waals surface area contributed by atoms with E-state index in [4.69, 9.17) is 57.8 Å². The van der Waals surface area contributed by atoms with Crippen LogP contribution in [0.25, 0.3) is 45.1 Å². The Labute approximate surface area is 494 Å². The second kappa shape index (κ2) is 26.0. The number of fused-ring (bicyclic) bond motifs is 2. The van der Waals surface area contributed by atoms with Crippen molar-refractivity contribution in [3.63, 3.8) is 0 Å². The number of aromatic nitrogens is 6. The highest BCUT2D eigenvalue weighted by Crippen LogP contribution is 2.33. The van der Waals surface area contributed by atoms with Gasteiger partial charge in [0.15, 0.2) is 11.6 Å². The van der Waals surface area contributed by atoms with Gasteiger partial charge in [0.25, 0.3) is 0 Å². The van der Waals surface area contributed by atoms with Crippen molar-refractivity contribution < 1.29 is 57.1 Å². The Kier molecular flexibility index (Phi) is 17.1. The molecule has 0 aliphatic heterocycles. The van der Waals surface area contributed by atoms with E-state index in [1.54, 1.807) is 60.9 Å². The minimum atomic E-state index is -0.427. The van der Waals surface area contributed by atoms with Crippen molar-refractivity contribution in [1.29, 1.82) is 0 Å². The van der Waals surface area contributed by atoms with Crippen molar-refractivity contribution in [2.75, 3.05) is 28.4 Å². The van der Waals surface area contributed by atoms with Crippen LogP contribution in [0.2, 0.25) is 0 Å². The quantitative estimate of drug-likeness (QED) is 0.0457. The average Bonchev–Trinajstić information content (AvgIpc) is 3.89. The third-order valence-electron chi connectivity index (χ3n) is 14.1. The number of ether oxygens (including phenoxy) is 8. The van der Waals surface area contributed by atoms with Crippen molar-refractivity contribution in [3.05, 3.63) is 250 Å². The van der Waals surface area contributed by atoms with Crippen molar-refractivity contribution in [2.24, 2.45) is 0 Å². The molecule has 3 heterocycles. The number of carbonyl (C=O) groups is 4. The van der Waals surface area contributed by atoms with Gasteiger partial charge in [0.2, 0.25) is 0 Å². The Morgan fingerprint density at radius 3 is 0.895 bits per heavy atom. The fourth-order valence-corrected chi connectivity index (χ4v) is 9.65. The minimum Gasteiger partial charge on any atom is -0.489 e. The zero-order valence-corrected chi connectivity index (χ0v) is 47.3. The molecule has 0 saturated carbocycles. The molecule has 3 aromatic heterocycles.